The molecular weight excluding hydrogens is 436 g/mol. The Bertz CT molecular complexity index is 998. The SMILES string of the molecule is CCC(=O)c1nc[nH]c1C(=O)NC1CCC(C(=O)Nc2cc(OC)c(OC)cc2Cl)CC1. The van der Waals surface area contributed by atoms with Gasteiger partial charge in [-0.3, -0.25) is 14.4 Å². The van der Waals surface area contributed by atoms with E-state index in [-0.39, 0.29) is 47.4 Å². The summed E-state index contributed by atoms with van der Waals surface area (Å²) in [5.41, 5.74) is 0.793. The normalized spacial score (nSPS) is 18.0. The number of amides is 2. The van der Waals surface area contributed by atoms with Crippen LogP contribution in [0.4, 0.5) is 5.69 Å². The number of imidazole rings is 1. The van der Waals surface area contributed by atoms with E-state index in [4.69, 9.17) is 21.1 Å². The number of nitrogens with zero attached hydrogens (tertiary/aromatic N) is 1. The number of methoxy groups -OCH3 is 2. The molecule has 3 N–H and O–H groups in total. The number of hydrogen-bond acceptors (Lipinski definition) is 6. The molecule has 172 valence electrons. The van der Waals surface area contributed by atoms with Crippen LogP contribution in [0.15, 0.2) is 18.5 Å². The van der Waals surface area contributed by atoms with Gasteiger partial charge in [-0.05, 0) is 25.7 Å². The van der Waals surface area contributed by atoms with Crippen LogP contribution in [0.3, 0.4) is 0 Å². The second-order valence-corrected chi connectivity index (χ2v) is 8.01. The van der Waals surface area contributed by atoms with Gasteiger partial charge in [0.1, 0.15) is 11.4 Å². The Hall–Kier alpha value is -3.07. The minimum Gasteiger partial charge on any atom is -0.493 e. The summed E-state index contributed by atoms with van der Waals surface area (Å²) in [6, 6.07) is 3.14. The molecule has 1 saturated carbocycles. The average molecular weight is 463 g/mol. The zero-order valence-corrected chi connectivity index (χ0v) is 19.0. The first kappa shape index (κ1) is 23.6. The van der Waals surface area contributed by atoms with E-state index < -0.39 is 0 Å². The lowest BCUT2D eigenvalue weighted by Crippen LogP contribution is -2.40. The Kier molecular flexibility index (Phi) is 7.74. The first-order valence-electron chi connectivity index (χ1n) is 10.5. The minimum atomic E-state index is -0.357. The van der Waals surface area contributed by atoms with Gasteiger partial charge in [-0.1, -0.05) is 18.5 Å². The Morgan fingerprint density at radius 1 is 1.12 bits per heavy atom. The van der Waals surface area contributed by atoms with Crippen LogP contribution >= 0.6 is 11.6 Å². The molecule has 1 heterocycles. The number of Topliss-reactive ketones (excluding diaryl/α,β-unsaturated/α-hetero) is 1. The molecule has 1 aromatic carbocycles. The summed E-state index contributed by atoms with van der Waals surface area (Å²) in [5.74, 6) is 0.0751. The van der Waals surface area contributed by atoms with Crippen molar-refractivity contribution in [3.05, 3.63) is 34.9 Å². The highest BCUT2D eigenvalue weighted by Gasteiger charge is 2.29. The molecule has 2 amide bonds. The maximum absolute atomic E-state index is 12.8. The van der Waals surface area contributed by atoms with E-state index >= 15 is 0 Å². The summed E-state index contributed by atoms with van der Waals surface area (Å²) in [7, 11) is 3.02. The van der Waals surface area contributed by atoms with Crippen LogP contribution in [0.25, 0.3) is 0 Å². The molecule has 0 saturated heterocycles. The van der Waals surface area contributed by atoms with E-state index in [2.05, 4.69) is 20.6 Å². The maximum Gasteiger partial charge on any atom is 0.270 e. The lowest BCUT2D eigenvalue weighted by atomic mass is 9.85. The van der Waals surface area contributed by atoms with Crippen molar-refractivity contribution in [2.75, 3.05) is 19.5 Å². The number of benzene rings is 1. The van der Waals surface area contributed by atoms with Gasteiger partial charge in [0.15, 0.2) is 17.3 Å². The molecule has 0 spiro atoms. The number of carbonyl (C=O) groups excluding carboxylic acids is 3. The van der Waals surface area contributed by atoms with E-state index in [1.807, 2.05) is 0 Å². The van der Waals surface area contributed by atoms with Crippen molar-refractivity contribution in [3.8, 4) is 11.5 Å². The van der Waals surface area contributed by atoms with Crippen molar-refractivity contribution < 1.29 is 23.9 Å². The minimum absolute atomic E-state index is 0.0795. The summed E-state index contributed by atoms with van der Waals surface area (Å²) in [6.45, 7) is 1.72. The van der Waals surface area contributed by atoms with Crippen molar-refractivity contribution in [2.45, 2.75) is 45.1 Å². The summed E-state index contributed by atoms with van der Waals surface area (Å²) < 4.78 is 10.5. The van der Waals surface area contributed by atoms with Gasteiger partial charge in [0, 0.05) is 30.5 Å². The molecule has 2 aromatic rings. The summed E-state index contributed by atoms with van der Waals surface area (Å²) in [5, 5.41) is 6.16. The number of anilines is 1. The fraction of sp³-hybridized carbons (Fsp3) is 0.455. The van der Waals surface area contributed by atoms with Crippen LogP contribution in [0.2, 0.25) is 5.02 Å². The number of rotatable bonds is 8. The van der Waals surface area contributed by atoms with Crippen molar-refractivity contribution >= 4 is 34.9 Å². The van der Waals surface area contributed by atoms with Crippen LogP contribution in [0.5, 0.6) is 11.5 Å². The van der Waals surface area contributed by atoms with Crippen LogP contribution in [0, 0.1) is 5.92 Å². The van der Waals surface area contributed by atoms with Gasteiger partial charge in [-0.2, -0.15) is 0 Å². The smallest absolute Gasteiger partial charge is 0.270 e. The molecule has 1 fully saturated rings. The van der Waals surface area contributed by atoms with Crippen LogP contribution in [-0.2, 0) is 4.79 Å². The third kappa shape index (κ3) is 5.21. The zero-order valence-electron chi connectivity index (χ0n) is 18.3. The Balaban J connectivity index is 1.56. The maximum atomic E-state index is 12.8. The Morgan fingerprint density at radius 3 is 2.41 bits per heavy atom. The quantitative estimate of drug-likeness (QED) is 0.515. The number of nitrogens with one attached hydrogen (secondary N) is 3. The molecule has 3 rings (SSSR count). The second-order valence-electron chi connectivity index (χ2n) is 7.60. The van der Waals surface area contributed by atoms with Gasteiger partial charge in [0.05, 0.1) is 31.3 Å². The standard InChI is InChI=1S/C22H27ClN4O5/c1-4-16(28)19-20(25-11-24-19)22(30)26-13-7-5-12(6-8-13)21(29)27-15-10-18(32-3)17(31-2)9-14(15)23/h9-13H,4-8H2,1-3H3,(H,24,25)(H,26,30)(H,27,29). The number of H-pyrrole nitrogens is 1. The van der Waals surface area contributed by atoms with Gasteiger partial charge in [0.2, 0.25) is 5.91 Å². The van der Waals surface area contributed by atoms with Gasteiger partial charge in [0.25, 0.3) is 5.91 Å². The molecule has 1 aliphatic rings. The highest BCUT2D eigenvalue weighted by molar-refractivity contribution is 6.34. The van der Waals surface area contributed by atoms with Crippen molar-refractivity contribution in [1.82, 2.24) is 15.3 Å². The number of halogens is 1. The number of aromatic amines is 1. The molecule has 0 radical (unpaired) electrons. The lowest BCUT2D eigenvalue weighted by molar-refractivity contribution is -0.120. The van der Waals surface area contributed by atoms with Crippen LogP contribution in [0.1, 0.15) is 60.0 Å². The van der Waals surface area contributed by atoms with Gasteiger partial charge in [-0.15, -0.1) is 0 Å². The fourth-order valence-corrected chi connectivity index (χ4v) is 3.99. The Labute approximate surface area is 191 Å². The number of ether oxygens (including phenoxy) is 2. The van der Waals surface area contributed by atoms with E-state index in [0.29, 0.717) is 47.9 Å². The molecular formula is C22H27ClN4O5. The van der Waals surface area contributed by atoms with E-state index in [1.54, 1.807) is 19.1 Å². The molecule has 9 nitrogen and oxygen atoms in total. The average Bonchev–Trinajstić information content (AvgIpc) is 3.30. The Morgan fingerprint density at radius 2 is 1.78 bits per heavy atom. The lowest BCUT2D eigenvalue weighted by Gasteiger charge is -2.28. The molecule has 1 aliphatic carbocycles. The van der Waals surface area contributed by atoms with Crippen molar-refractivity contribution in [1.29, 1.82) is 0 Å². The number of ketones is 1. The number of hydrogen-bond donors (Lipinski definition) is 3. The largest absolute Gasteiger partial charge is 0.493 e. The topological polar surface area (TPSA) is 122 Å². The highest BCUT2D eigenvalue weighted by atomic mass is 35.5. The second kappa shape index (κ2) is 10.5. The van der Waals surface area contributed by atoms with E-state index in [0.717, 1.165) is 0 Å². The molecule has 0 unspecified atom stereocenters. The molecule has 10 heteroatoms. The first-order valence-corrected chi connectivity index (χ1v) is 10.9. The summed E-state index contributed by atoms with van der Waals surface area (Å²) >= 11 is 6.27. The van der Waals surface area contributed by atoms with Gasteiger partial charge >= 0.3 is 0 Å². The predicted octanol–water partition coefficient (Wildman–Crippen LogP) is 3.60. The van der Waals surface area contributed by atoms with E-state index in [1.165, 1.54) is 20.5 Å². The first-order chi connectivity index (χ1) is 15.4. The molecule has 0 bridgehead atoms. The summed E-state index contributed by atoms with van der Waals surface area (Å²) in [6.07, 6.45) is 4.15. The van der Waals surface area contributed by atoms with Crippen molar-refractivity contribution in [3.63, 3.8) is 0 Å². The number of carbonyl (C=O) groups is 3. The third-order valence-electron chi connectivity index (χ3n) is 5.62. The zero-order chi connectivity index (χ0) is 23.3. The molecule has 1 aromatic heterocycles. The number of aromatic nitrogens is 2. The van der Waals surface area contributed by atoms with Crippen LogP contribution < -0.4 is 20.1 Å². The predicted molar refractivity (Wildman–Crippen MR) is 120 cm³/mol. The summed E-state index contributed by atoms with van der Waals surface area (Å²) in [4.78, 5) is 44.0. The highest BCUT2D eigenvalue weighted by Crippen LogP contribution is 2.36. The monoisotopic (exact) mass is 462 g/mol. The molecule has 0 atom stereocenters. The molecule has 32 heavy (non-hydrogen) atoms. The third-order valence-corrected chi connectivity index (χ3v) is 5.93. The van der Waals surface area contributed by atoms with Gasteiger partial charge < -0.3 is 25.1 Å². The molecule has 0 aliphatic heterocycles. The van der Waals surface area contributed by atoms with Gasteiger partial charge in [-0.25, -0.2) is 4.98 Å². The van der Waals surface area contributed by atoms with Crippen molar-refractivity contribution in [2.24, 2.45) is 5.92 Å². The van der Waals surface area contributed by atoms with Crippen LogP contribution in [-0.4, -0.2) is 47.8 Å². The van der Waals surface area contributed by atoms with E-state index in [9.17, 15) is 14.4 Å². The fourth-order valence-electron chi connectivity index (χ4n) is 3.79.